The molecule has 0 bridgehead atoms. The number of rotatable bonds is 5. The molecule has 1 heterocycles. The average molecular weight is 380 g/mol. The van der Waals surface area contributed by atoms with Crippen LogP contribution >= 0.6 is 0 Å². The van der Waals surface area contributed by atoms with Crippen LogP contribution in [0.15, 0.2) is 24.3 Å². The summed E-state index contributed by atoms with van der Waals surface area (Å²) in [6.45, 7) is 1.04. The minimum atomic E-state index is -4.34. The van der Waals surface area contributed by atoms with Gasteiger partial charge in [0.1, 0.15) is 6.04 Å². The molecule has 146 valence electrons. The van der Waals surface area contributed by atoms with E-state index in [1.54, 1.807) is 4.90 Å². The number of hydrogen-bond donors (Lipinski definition) is 1. The molecule has 2 aliphatic carbocycles. The zero-order chi connectivity index (χ0) is 19.2. The lowest BCUT2D eigenvalue weighted by Crippen LogP contribution is -2.48. The smallest absolute Gasteiger partial charge is 0.353 e. The van der Waals surface area contributed by atoms with Gasteiger partial charge in [-0.15, -0.1) is 0 Å². The van der Waals surface area contributed by atoms with E-state index in [1.165, 1.54) is 12.1 Å². The number of halogens is 3. The monoisotopic (exact) mass is 380 g/mol. The van der Waals surface area contributed by atoms with Gasteiger partial charge in [-0.3, -0.25) is 9.59 Å². The zero-order valence-corrected chi connectivity index (χ0v) is 15.0. The van der Waals surface area contributed by atoms with Crippen molar-refractivity contribution in [1.29, 1.82) is 0 Å². The number of carbonyl (C=O) groups excluding carboxylic acids is 2. The molecule has 4 rings (SSSR count). The quantitative estimate of drug-likeness (QED) is 0.853. The molecule has 2 amide bonds. The first-order valence-electron chi connectivity index (χ1n) is 9.56. The first kappa shape index (κ1) is 18.3. The molecule has 3 fully saturated rings. The highest BCUT2D eigenvalue weighted by molar-refractivity contribution is 5.90. The summed E-state index contributed by atoms with van der Waals surface area (Å²) in [5.74, 6) is 0.0523. The van der Waals surface area contributed by atoms with Crippen LogP contribution in [0.4, 0.5) is 13.2 Å². The van der Waals surface area contributed by atoms with Gasteiger partial charge in [0.05, 0.1) is 5.56 Å². The molecule has 1 atom stereocenters. The third kappa shape index (κ3) is 3.69. The van der Waals surface area contributed by atoms with Crippen LogP contribution in [0.3, 0.4) is 0 Å². The van der Waals surface area contributed by atoms with Crippen molar-refractivity contribution in [1.82, 2.24) is 10.2 Å². The van der Waals surface area contributed by atoms with Crippen LogP contribution in [0.25, 0.3) is 0 Å². The summed E-state index contributed by atoms with van der Waals surface area (Å²) < 4.78 is 38.2. The van der Waals surface area contributed by atoms with Crippen molar-refractivity contribution in [2.45, 2.75) is 56.2 Å². The van der Waals surface area contributed by atoms with Gasteiger partial charge >= 0.3 is 6.18 Å². The predicted molar refractivity (Wildman–Crippen MR) is 92.8 cm³/mol. The van der Waals surface area contributed by atoms with Crippen molar-refractivity contribution < 1.29 is 22.8 Å². The van der Waals surface area contributed by atoms with Crippen molar-refractivity contribution in [3.63, 3.8) is 0 Å². The predicted octanol–water partition coefficient (Wildman–Crippen LogP) is 3.25. The van der Waals surface area contributed by atoms with Crippen molar-refractivity contribution in [2.75, 3.05) is 13.1 Å². The molecule has 1 aliphatic heterocycles. The lowest BCUT2D eigenvalue weighted by Gasteiger charge is -2.25. The average Bonchev–Trinajstić information content (AvgIpc) is 3.56. The molecule has 1 aromatic carbocycles. The summed E-state index contributed by atoms with van der Waals surface area (Å²) in [4.78, 5) is 26.7. The van der Waals surface area contributed by atoms with Crippen LogP contribution in [0.5, 0.6) is 0 Å². The van der Waals surface area contributed by atoms with Gasteiger partial charge in [-0.2, -0.15) is 13.2 Å². The Kier molecular flexibility index (Phi) is 4.43. The van der Waals surface area contributed by atoms with E-state index in [1.807, 2.05) is 0 Å². The van der Waals surface area contributed by atoms with Gasteiger partial charge in [-0.25, -0.2) is 0 Å². The van der Waals surface area contributed by atoms with Gasteiger partial charge in [0, 0.05) is 24.4 Å². The van der Waals surface area contributed by atoms with Gasteiger partial charge in [0.25, 0.3) is 0 Å². The van der Waals surface area contributed by atoms with E-state index in [2.05, 4.69) is 5.32 Å². The number of hydrogen-bond acceptors (Lipinski definition) is 2. The first-order valence-corrected chi connectivity index (χ1v) is 9.56. The highest BCUT2D eigenvalue weighted by atomic mass is 19.4. The standard InChI is InChI=1S/C20H23F3N2O2/c21-20(22,23)15-7-5-14(6-8-15)19(9-10-19)12-24-17(26)16-2-1-11-25(16)18(27)13-3-4-13/h5-8,13,16H,1-4,9-12H2,(H,24,26). The molecule has 0 radical (unpaired) electrons. The summed E-state index contributed by atoms with van der Waals surface area (Å²) >= 11 is 0. The number of nitrogens with zero attached hydrogens (tertiary/aromatic N) is 1. The Morgan fingerprint density at radius 1 is 1.11 bits per heavy atom. The van der Waals surface area contributed by atoms with E-state index in [-0.39, 0.29) is 23.1 Å². The molecule has 1 N–H and O–H groups in total. The molecule has 7 heteroatoms. The highest BCUT2D eigenvalue weighted by Gasteiger charge is 2.46. The van der Waals surface area contributed by atoms with E-state index >= 15 is 0 Å². The largest absolute Gasteiger partial charge is 0.416 e. The summed E-state index contributed by atoms with van der Waals surface area (Å²) in [5, 5.41) is 2.96. The summed E-state index contributed by atoms with van der Waals surface area (Å²) in [5.41, 5.74) is -0.108. The van der Waals surface area contributed by atoms with E-state index in [0.717, 1.165) is 49.8 Å². The SMILES string of the molecule is O=C(NCC1(c2ccc(C(F)(F)F)cc2)CC1)C1CCCN1C(=O)C1CC1. The topological polar surface area (TPSA) is 49.4 Å². The van der Waals surface area contributed by atoms with Gasteiger partial charge in [0.15, 0.2) is 0 Å². The van der Waals surface area contributed by atoms with E-state index < -0.39 is 17.8 Å². The maximum Gasteiger partial charge on any atom is 0.416 e. The van der Waals surface area contributed by atoms with Gasteiger partial charge in [-0.05, 0) is 56.2 Å². The lowest BCUT2D eigenvalue weighted by molar-refractivity contribution is -0.139. The second-order valence-corrected chi connectivity index (χ2v) is 8.04. The third-order valence-corrected chi connectivity index (χ3v) is 6.04. The molecule has 4 nitrogen and oxygen atoms in total. The van der Waals surface area contributed by atoms with Crippen LogP contribution in [0.1, 0.15) is 49.7 Å². The maximum absolute atomic E-state index is 12.7. The molecule has 27 heavy (non-hydrogen) atoms. The Morgan fingerprint density at radius 3 is 2.33 bits per heavy atom. The van der Waals surface area contributed by atoms with Crippen LogP contribution in [-0.2, 0) is 21.2 Å². The molecular weight excluding hydrogens is 357 g/mol. The van der Waals surface area contributed by atoms with Crippen LogP contribution in [0.2, 0.25) is 0 Å². The Balaban J connectivity index is 1.37. The highest BCUT2D eigenvalue weighted by Crippen LogP contribution is 2.48. The number of amides is 2. The summed E-state index contributed by atoms with van der Waals surface area (Å²) in [6, 6.07) is 4.83. The normalized spacial score (nSPS) is 24.0. The fourth-order valence-corrected chi connectivity index (χ4v) is 3.97. The Labute approximate surface area is 156 Å². The Hall–Kier alpha value is -2.05. The molecule has 3 aliphatic rings. The molecule has 1 unspecified atom stereocenters. The number of carbonyl (C=O) groups is 2. The Bertz CT molecular complexity index is 737. The van der Waals surface area contributed by atoms with Crippen molar-refractivity contribution in [3.8, 4) is 0 Å². The van der Waals surface area contributed by atoms with Crippen molar-refractivity contribution in [3.05, 3.63) is 35.4 Å². The molecule has 1 saturated heterocycles. The van der Waals surface area contributed by atoms with Gasteiger partial charge in [-0.1, -0.05) is 12.1 Å². The molecule has 1 aromatic rings. The summed E-state index contributed by atoms with van der Waals surface area (Å²) in [6.07, 6.45) is 0.686. The van der Waals surface area contributed by atoms with E-state index in [9.17, 15) is 22.8 Å². The number of nitrogens with one attached hydrogen (secondary N) is 1. The van der Waals surface area contributed by atoms with Crippen molar-refractivity contribution >= 4 is 11.8 Å². The second-order valence-electron chi connectivity index (χ2n) is 8.04. The first-order chi connectivity index (χ1) is 12.8. The minimum absolute atomic E-state index is 0.0940. The van der Waals surface area contributed by atoms with Gasteiger partial charge in [0.2, 0.25) is 11.8 Å². The summed E-state index contributed by atoms with van der Waals surface area (Å²) in [7, 11) is 0. The fraction of sp³-hybridized carbons (Fsp3) is 0.600. The van der Waals surface area contributed by atoms with Gasteiger partial charge < -0.3 is 10.2 Å². The number of benzene rings is 1. The number of likely N-dealkylation sites (tertiary alicyclic amines) is 1. The van der Waals surface area contributed by atoms with E-state index in [4.69, 9.17) is 0 Å². The zero-order valence-electron chi connectivity index (χ0n) is 15.0. The van der Waals surface area contributed by atoms with Crippen LogP contribution in [-0.4, -0.2) is 35.8 Å². The van der Waals surface area contributed by atoms with Crippen molar-refractivity contribution in [2.24, 2.45) is 5.92 Å². The minimum Gasteiger partial charge on any atom is -0.353 e. The molecule has 2 saturated carbocycles. The second kappa shape index (κ2) is 6.53. The maximum atomic E-state index is 12.7. The number of alkyl halides is 3. The van der Waals surface area contributed by atoms with Crippen LogP contribution < -0.4 is 5.32 Å². The Morgan fingerprint density at radius 2 is 1.78 bits per heavy atom. The molecule has 0 aromatic heterocycles. The lowest BCUT2D eigenvalue weighted by atomic mass is 9.94. The van der Waals surface area contributed by atoms with Crippen LogP contribution in [0, 0.1) is 5.92 Å². The molecular formula is C20H23F3N2O2. The van der Waals surface area contributed by atoms with E-state index in [0.29, 0.717) is 19.5 Å². The fourth-order valence-electron chi connectivity index (χ4n) is 3.97. The molecule has 0 spiro atoms. The third-order valence-electron chi connectivity index (χ3n) is 6.04.